The van der Waals surface area contributed by atoms with E-state index in [1.165, 1.54) is 12.3 Å². The Kier molecular flexibility index (Phi) is 8.44. The zero-order valence-corrected chi connectivity index (χ0v) is 25.7. The number of ether oxygens (including phenoxy) is 2. The van der Waals surface area contributed by atoms with E-state index in [1.807, 2.05) is 58.0 Å². The number of nitrogens with zero attached hydrogens (tertiary/aromatic N) is 3. The zero-order valence-electron chi connectivity index (χ0n) is 25.7. The summed E-state index contributed by atoms with van der Waals surface area (Å²) in [5.74, 6) is -4.20. The zero-order chi connectivity index (χ0) is 32.4. The van der Waals surface area contributed by atoms with Crippen molar-refractivity contribution in [3.05, 3.63) is 149 Å². The quantitative estimate of drug-likeness (QED) is 0.159. The highest BCUT2D eigenvalue weighted by atomic mass is 19.2. The average molecular weight is 618 g/mol. The van der Waals surface area contributed by atoms with Gasteiger partial charge in [0.25, 0.3) is 0 Å². The summed E-state index contributed by atoms with van der Waals surface area (Å²) in [7, 11) is 0. The molecule has 0 amide bonds. The van der Waals surface area contributed by atoms with Crippen LogP contribution in [0.3, 0.4) is 0 Å². The molecule has 0 spiro atoms. The number of aromatic nitrogens is 2. The highest BCUT2D eigenvalue weighted by Crippen LogP contribution is 2.43. The maximum absolute atomic E-state index is 15.2. The lowest BCUT2D eigenvalue weighted by molar-refractivity contribution is 0.393. The molecule has 0 aliphatic rings. The van der Waals surface area contributed by atoms with E-state index in [0.717, 1.165) is 39.7 Å². The van der Waals surface area contributed by atoms with Crippen LogP contribution in [0.2, 0.25) is 0 Å². The number of halogens is 3. The van der Waals surface area contributed by atoms with E-state index in [4.69, 9.17) is 9.47 Å². The molecule has 6 aromatic rings. The van der Waals surface area contributed by atoms with Gasteiger partial charge in [-0.3, -0.25) is 4.98 Å². The molecule has 0 fully saturated rings. The van der Waals surface area contributed by atoms with Gasteiger partial charge >= 0.3 is 0 Å². The number of rotatable bonds is 8. The SMILES string of the molecule is Cc1ccc(N(c2cc(Oc3ccccn3)cc(Oc3cc(-c4ccccn4)c(F)c(F)c3F)c2)c2ccc(C)cc2C)c(C)c1. The van der Waals surface area contributed by atoms with Crippen molar-refractivity contribution in [3.8, 4) is 34.4 Å². The van der Waals surface area contributed by atoms with Crippen molar-refractivity contribution >= 4 is 17.1 Å². The van der Waals surface area contributed by atoms with E-state index < -0.39 is 23.2 Å². The first-order valence-corrected chi connectivity index (χ1v) is 14.6. The van der Waals surface area contributed by atoms with Gasteiger partial charge in [0.15, 0.2) is 17.4 Å². The minimum atomic E-state index is -1.66. The predicted molar refractivity (Wildman–Crippen MR) is 174 cm³/mol. The molecule has 0 aliphatic heterocycles. The number of benzene rings is 4. The predicted octanol–water partition coefficient (Wildman–Crippen LogP) is 10.8. The molecule has 5 nitrogen and oxygen atoms in total. The number of hydrogen-bond acceptors (Lipinski definition) is 5. The molecule has 0 radical (unpaired) electrons. The third kappa shape index (κ3) is 6.28. The van der Waals surface area contributed by atoms with Crippen LogP contribution in [0.25, 0.3) is 11.3 Å². The maximum atomic E-state index is 15.2. The molecule has 2 heterocycles. The largest absolute Gasteiger partial charge is 0.454 e. The van der Waals surface area contributed by atoms with Crippen LogP contribution in [0.1, 0.15) is 22.3 Å². The Morgan fingerprint density at radius 3 is 1.74 bits per heavy atom. The minimum absolute atomic E-state index is 0.125. The molecule has 6 rings (SSSR count). The summed E-state index contributed by atoms with van der Waals surface area (Å²) >= 11 is 0. The maximum Gasteiger partial charge on any atom is 0.219 e. The Labute approximate surface area is 265 Å². The minimum Gasteiger partial charge on any atom is -0.454 e. The second-order valence-corrected chi connectivity index (χ2v) is 11.0. The summed E-state index contributed by atoms with van der Waals surface area (Å²) in [6.45, 7) is 8.11. The van der Waals surface area contributed by atoms with Gasteiger partial charge in [0, 0.05) is 53.6 Å². The van der Waals surface area contributed by atoms with Crippen molar-refractivity contribution in [2.75, 3.05) is 4.90 Å². The first kappa shape index (κ1) is 30.4. The van der Waals surface area contributed by atoms with Gasteiger partial charge in [-0.1, -0.05) is 47.5 Å². The van der Waals surface area contributed by atoms with Gasteiger partial charge in [-0.15, -0.1) is 0 Å². The smallest absolute Gasteiger partial charge is 0.219 e. The van der Waals surface area contributed by atoms with Crippen LogP contribution in [0.4, 0.5) is 30.2 Å². The van der Waals surface area contributed by atoms with E-state index in [2.05, 4.69) is 27.0 Å². The highest BCUT2D eigenvalue weighted by molar-refractivity contribution is 5.81. The van der Waals surface area contributed by atoms with Crippen LogP contribution in [-0.2, 0) is 0 Å². The lowest BCUT2D eigenvalue weighted by Crippen LogP contribution is -2.13. The Bertz CT molecular complexity index is 1980. The van der Waals surface area contributed by atoms with E-state index in [1.54, 1.807) is 48.7 Å². The number of anilines is 3. The van der Waals surface area contributed by atoms with Gasteiger partial charge in [-0.2, -0.15) is 4.39 Å². The molecule has 46 heavy (non-hydrogen) atoms. The van der Waals surface area contributed by atoms with Crippen LogP contribution >= 0.6 is 0 Å². The lowest BCUT2D eigenvalue weighted by Gasteiger charge is -2.29. The molecular formula is C38H30F3N3O2. The lowest BCUT2D eigenvalue weighted by atomic mass is 10.0. The number of hydrogen-bond donors (Lipinski definition) is 0. The van der Waals surface area contributed by atoms with E-state index in [-0.39, 0.29) is 17.0 Å². The van der Waals surface area contributed by atoms with Crippen molar-refractivity contribution in [2.24, 2.45) is 0 Å². The van der Waals surface area contributed by atoms with Gasteiger partial charge in [-0.05, 0) is 75.2 Å². The molecule has 2 aromatic heterocycles. The number of aryl methyl sites for hydroxylation is 4. The van der Waals surface area contributed by atoms with Crippen molar-refractivity contribution in [1.82, 2.24) is 9.97 Å². The molecule has 0 bridgehead atoms. The fourth-order valence-corrected chi connectivity index (χ4v) is 5.34. The molecule has 0 saturated heterocycles. The summed E-state index contributed by atoms with van der Waals surface area (Å²) in [5.41, 5.74) is 6.57. The normalized spacial score (nSPS) is 10.9. The van der Waals surface area contributed by atoms with Gasteiger partial charge in [-0.25, -0.2) is 13.8 Å². The van der Waals surface area contributed by atoms with Crippen molar-refractivity contribution in [3.63, 3.8) is 0 Å². The van der Waals surface area contributed by atoms with Crippen LogP contribution in [0.15, 0.2) is 109 Å². The van der Waals surface area contributed by atoms with Gasteiger partial charge < -0.3 is 14.4 Å². The summed E-state index contributed by atoms with van der Waals surface area (Å²) in [6.07, 6.45) is 3.04. The highest BCUT2D eigenvalue weighted by Gasteiger charge is 2.24. The van der Waals surface area contributed by atoms with Crippen molar-refractivity contribution < 1.29 is 22.6 Å². The summed E-state index contributed by atoms with van der Waals surface area (Å²) in [6, 6.07) is 28.5. The molecule has 230 valence electrons. The first-order chi connectivity index (χ1) is 22.2. The molecule has 8 heteroatoms. The Morgan fingerprint density at radius 1 is 0.565 bits per heavy atom. The van der Waals surface area contributed by atoms with Gasteiger partial charge in [0.05, 0.1) is 11.4 Å². The van der Waals surface area contributed by atoms with E-state index >= 15 is 4.39 Å². The summed E-state index contributed by atoms with van der Waals surface area (Å²) < 4.78 is 57.2. The standard InChI is InChI=1S/C38H30F3N3O2/c1-23-11-13-32(25(3)17-23)44(33-14-12-24(2)18-26(33)4)27-19-28(21-29(20-27)46-35-10-6-8-16-43-35)45-34-22-30(31-9-5-7-15-42-31)36(39)38(41)37(34)40/h5-22H,1-4H3. The van der Waals surface area contributed by atoms with Crippen molar-refractivity contribution in [1.29, 1.82) is 0 Å². The molecular weight excluding hydrogens is 587 g/mol. The van der Waals surface area contributed by atoms with Gasteiger partial charge in [0.1, 0.15) is 11.5 Å². The van der Waals surface area contributed by atoms with Crippen molar-refractivity contribution in [2.45, 2.75) is 27.7 Å². The second kappa shape index (κ2) is 12.8. The molecule has 0 unspecified atom stereocenters. The number of pyridine rings is 2. The fourth-order valence-electron chi connectivity index (χ4n) is 5.34. The molecule has 0 N–H and O–H groups in total. The Morgan fingerprint density at radius 2 is 1.17 bits per heavy atom. The van der Waals surface area contributed by atoms with Gasteiger partial charge in [0.2, 0.25) is 11.7 Å². The molecule has 0 atom stereocenters. The topological polar surface area (TPSA) is 47.5 Å². The van der Waals surface area contributed by atoms with E-state index in [9.17, 15) is 8.78 Å². The molecule has 0 saturated carbocycles. The molecule has 4 aromatic carbocycles. The first-order valence-electron chi connectivity index (χ1n) is 14.6. The van der Waals surface area contributed by atoms with Crippen LogP contribution in [0, 0.1) is 45.1 Å². The third-order valence-corrected chi connectivity index (χ3v) is 7.45. The Balaban J connectivity index is 1.54. The van der Waals surface area contributed by atoms with Crippen LogP contribution in [0.5, 0.6) is 23.1 Å². The van der Waals surface area contributed by atoms with E-state index in [0.29, 0.717) is 17.3 Å². The monoisotopic (exact) mass is 617 g/mol. The van der Waals surface area contributed by atoms with Crippen LogP contribution < -0.4 is 14.4 Å². The van der Waals surface area contributed by atoms with Crippen LogP contribution in [-0.4, -0.2) is 9.97 Å². The fraction of sp³-hybridized carbons (Fsp3) is 0.105. The summed E-state index contributed by atoms with van der Waals surface area (Å²) in [5, 5.41) is 0. The second-order valence-electron chi connectivity index (χ2n) is 11.0. The third-order valence-electron chi connectivity index (χ3n) is 7.45. The Hall–Kier alpha value is -5.63. The molecule has 0 aliphatic carbocycles. The average Bonchev–Trinajstić information content (AvgIpc) is 3.04. The summed E-state index contributed by atoms with van der Waals surface area (Å²) in [4.78, 5) is 10.4.